The van der Waals surface area contributed by atoms with Gasteiger partial charge in [-0.1, -0.05) is 12.1 Å². The molecule has 0 aliphatic rings. The second kappa shape index (κ2) is 6.25. The minimum absolute atomic E-state index is 0.0264. The van der Waals surface area contributed by atoms with Crippen LogP contribution in [0.5, 0.6) is 5.75 Å². The molecule has 0 aliphatic heterocycles. The third-order valence-electron chi connectivity index (χ3n) is 2.51. The van der Waals surface area contributed by atoms with Gasteiger partial charge in [-0.2, -0.15) is 0 Å². The highest BCUT2D eigenvalue weighted by atomic mass is 16.5. The Kier molecular flexibility index (Phi) is 4.97. The van der Waals surface area contributed by atoms with Crippen molar-refractivity contribution in [2.24, 2.45) is 0 Å². The van der Waals surface area contributed by atoms with Crippen LogP contribution in [0.4, 0.5) is 0 Å². The van der Waals surface area contributed by atoms with Gasteiger partial charge < -0.3 is 9.84 Å². The van der Waals surface area contributed by atoms with Gasteiger partial charge in [0, 0.05) is 6.04 Å². The molecule has 0 spiro atoms. The first-order valence-corrected chi connectivity index (χ1v) is 5.76. The zero-order chi connectivity index (χ0) is 12.8. The van der Waals surface area contributed by atoms with Crippen LogP contribution in [0.25, 0.3) is 0 Å². The van der Waals surface area contributed by atoms with Crippen LogP contribution in [0.15, 0.2) is 24.3 Å². The Bertz CT molecular complexity index is 379. The monoisotopic (exact) mass is 237 g/mol. The largest absolute Gasteiger partial charge is 0.508 e. The molecule has 0 amide bonds. The molecule has 0 saturated carbocycles. The molecule has 0 aliphatic carbocycles. The minimum atomic E-state index is -0.368. The molecule has 2 N–H and O–H groups in total. The number of esters is 1. The fourth-order valence-electron chi connectivity index (χ4n) is 1.60. The van der Waals surface area contributed by atoms with Crippen LogP contribution in [-0.4, -0.2) is 23.7 Å². The van der Waals surface area contributed by atoms with Crippen LogP contribution in [0, 0.1) is 0 Å². The maximum Gasteiger partial charge on any atom is 0.322 e. The number of carbonyl (C=O) groups is 1. The van der Waals surface area contributed by atoms with E-state index in [1.165, 1.54) is 0 Å². The lowest BCUT2D eigenvalue weighted by molar-refractivity contribution is -0.145. The lowest BCUT2D eigenvalue weighted by atomic mass is 10.1. The van der Waals surface area contributed by atoms with Crippen LogP contribution < -0.4 is 5.32 Å². The molecule has 1 aromatic carbocycles. The van der Waals surface area contributed by atoms with Crippen molar-refractivity contribution in [3.05, 3.63) is 29.8 Å². The molecule has 0 saturated heterocycles. The SMILES string of the molecule is CCOC(=O)C(C)NC(C)c1cccc(O)c1. The first-order chi connectivity index (χ1) is 8.04. The highest BCUT2D eigenvalue weighted by Gasteiger charge is 2.17. The van der Waals surface area contributed by atoms with Crippen molar-refractivity contribution in [3.63, 3.8) is 0 Å². The maximum absolute atomic E-state index is 11.4. The van der Waals surface area contributed by atoms with Gasteiger partial charge in [0.15, 0.2) is 0 Å². The van der Waals surface area contributed by atoms with E-state index >= 15 is 0 Å². The van der Waals surface area contributed by atoms with Gasteiger partial charge in [-0.25, -0.2) is 0 Å². The fraction of sp³-hybridized carbons (Fsp3) is 0.462. The number of phenolic OH excluding ortho intramolecular Hbond substituents is 1. The average Bonchev–Trinajstić information content (AvgIpc) is 2.29. The van der Waals surface area contributed by atoms with Gasteiger partial charge in [0.1, 0.15) is 11.8 Å². The van der Waals surface area contributed by atoms with Crippen molar-refractivity contribution in [1.82, 2.24) is 5.32 Å². The second-order valence-electron chi connectivity index (χ2n) is 3.96. The topological polar surface area (TPSA) is 58.6 Å². The fourth-order valence-corrected chi connectivity index (χ4v) is 1.60. The van der Waals surface area contributed by atoms with E-state index in [4.69, 9.17) is 4.74 Å². The van der Waals surface area contributed by atoms with E-state index in [0.29, 0.717) is 6.61 Å². The summed E-state index contributed by atoms with van der Waals surface area (Å²) in [5, 5.41) is 12.5. The molecule has 1 aromatic rings. The summed E-state index contributed by atoms with van der Waals surface area (Å²) in [6.45, 7) is 5.86. The molecule has 94 valence electrons. The smallest absolute Gasteiger partial charge is 0.322 e. The Hall–Kier alpha value is -1.55. The molecule has 2 atom stereocenters. The van der Waals surface area contributed by atoms with Crippen molar-refractivity contribution < 1.29 is 14.6 Å². The third-order valence-corrected chi connectivity index (χ3v) is 2.51. The number of nitrogens with one attached hydrogen (secondary N) is 1. The Balaban J connectivity index is 2.60. The number of aromatic hydroxyl groups is 1. The minimum Gasteiger partial charge on any atom is -0.508 e. The van der Waals surface area contributed by atoms with Gasteiger partial charge in [0.2, 0.25) is 0 Å². The van der Waals surface area contributed by atoms with E-state index in [1.807, 2.05) is 13.0 Å². The number of benzene rings is 1. The zero-order valence-corrected chi connectivity index (χ0v) is 10.4. The van der Waals surface area contributed by atoms with E-state index in [-0.39, 0.29) is 23.8 Å². The number of carbonyl (C=O) groups excluding carboxylic acids is 1. The van der Waals surface area contributed by atoms with Crippen LogP contribution in [0.1, 0.15) is 32.4 Å². The predicted molar refractivity (Wildman–Crippen MR) is 65.8 cm³/mol. The summed E-state index contributed by atoms with van der Waals surface area (Å²) in [6, 6.07) is 6.57. The van der Waals surface area contributed by atoms with Gasteiger partial charge in [-0.15, -0.1) is 0 Å². The zero-order valence-electron chi connectivity index (χ0n) is 10.4. The predicted octanol–water partition coefficient (Wildman–Crippen LogP) is 1.99. The summed E-state index contributed by atoms with van der Waals surface area (Å²) in [5.41, 5.74) is 0.932. The molecule has 0 aromatic heterocycles. The lowest BCUT2D eigenvalue weighted by Crippen LogP contribution is -2.37. The van der Waals surface area contributed by atoms with E-state index in [2.05, 4.69) is 5.32 Å². The Labute approximate surface area is 102 Å². The first kappa shape index (κ1) is 13.5. The van der Waals surface area contributed by atoms with E-state index in [9.17, 15) is 9.90 Å². The Morgan fingerprint density at radius 2 is 2.18 bits per heavy atom. The Morgan fingerprint density at radius 1 is 1.47 bits per heavy atom. The normalized spacial score (nSPS) is 14.1. The summed E-state index contributed by atoms with van der Waals surface area (Å²) >= 11 is 0. The summed E-state index contributed by atoms with van der Waals surface area (Å²) in [6.07, 6.45) is 0. The van der Waals surface area contributed by atoms with Crippen LogP contribution in [-0.2, 0) is 9.53 Å². The molecule has 0 bridgehead atoms. The van der Waals surface area contributed by atoms with E-state index in [0.717, 1.165) is 5.56 Å². The van der Waals surface area contributed by atoms with Gasteiger partial charge in [-0.05, 0) is 38.5 Å². The van der Waals surface area contributed by atoms with Crippen molar-refractivity contribution >= 4 is 5.97 Å². The quantitative estimate of drug-likeness (QED) is 0.769. The summed E-state index contributed by atoms with van der Waals surface area (Å²) in [5.74, 6) is -0.0422. The average molecular weight is 237 g/mol. The summed E-state index contributed by atoms with van der Waals surface area (Å²) in [4.78, 5) is 11.4. The number of hydrogen-bond acceptors (Lipinski definition) is 4. The highest BCUT2D eigenvalue weighted by molar-refractivity contribution is 5.75. The van der Waals surface area contributed by atoms with Gasteiger partial charge in [0.05, 0.1) is 6.61 Å². The van der Waals surface area contributed by atoms with Crippen molar-refractivity contribution in [3.8, 4) is 5.75 Å². The molecule has 0 fully saturated rings. The third kappa shape index (κ3) is 4.07. The number of rotatable bonds is 5. The number of phenols is 1. The van der Waals surface area contributed by atoms with Crippen LogP contribution >= 0.6 is 0 Å². The number of ether oxygens (including phenoxy) is 1. The standard InChI is InChI=1S/C13H19NO3/c1-4-17-13(16)10(3)14-9(2)11-6-5-7-12(15)8-11/h5-10,14-15H,4H2,1-3H3. The van der Waals surface area contributed by atoms with Crippen molar-refractivity contribution in [1.29, 1.82) is 0 Å². The molecule has 17 heavy (non-hydrogen) atoms. The van der Waals surface area contributed by atoms with E-state index in [1.54, 1.807) is 32.0 Å². The van der Waals surface area contributed by atoms with Crippen LogP contribution in [0.3, 0.4) is 0 Å². The Morgan fingerprint density at radius 3 is 2.76 bits per heavy atom. The van der Waals surface area contributed by atoms with Gasteiger partial charge in [-0.3, -0.25) is 10.1 Å². The number of hydrogen-bond donors (Lipinski definition) is 2. The molecule has 0 heterocycles. The molecule has 4 heteroatoms. The second-order valence-corrected chi connectivity index (χ2v) is 3.96. The van der Waals surface area contributed by atoms with Gasteiger partial charge >= 0.3 is 5.97 Å². The molecule has 1 rings (SSSR count). The highest BCUT2D eigenvalue weighted by Crippen LogP contribution is 2.18. The summed E-state index contributed by atoms with van der Waals surface area (Å²) < 4.78 is 4.91. The van der Waals surface area contributed by atoms with Crippen molar-refractivity contribution in [2.45, 2.75) is 32.9 Å². The van der Waals surface area contributed by atoms with E-state index < -0.39 is 0 Å². The lowest BCUT2D eigenvalue weighted by Gasteiger charge is -2.19. The first-order valence-electron chi connectivity index (χ1n) is 5.76. The molecule has 4 nitrogen and oxygen atoms in total. The maximum atomic E-state index is 11.4. The molecule has 2 unspecified atom stereocenters. The van der Waals surface area contributed by atoms with Crippen molar-refractivity contribution in [2.75, 3.05) is 6.61 Å². The molecular weight excluding hydrogens is 218 g/mol. The molecule has 0 radical (unpaired) electrons. The summed E-state index contributed by atoms with van der Waals surface area (Å²) in [7, 11) is 0. The van der Waals surface area contributed by atoms with Crippen LogP contribution in [0.2, 0.25) is 0 Å². The molecular formula is C13H19NO3. The van der Waals surface area contributed by atoms with Gasteiger partial charge in [0.25, 0.3) is 0 Å².